The first kappa shape index (κ1) is 17.3. The molecule has 0 saturated carbocycles. The Bertz CT molecular complexity index is 854. The van der Waals surface area contributed by atoms with Crippen LogP contribution in [0.15, 0.2) is 47.0 Å². The van der Waals surface area contributed by atoms with E-state index in [1.807, 2.05) is 13.0 Å². The number of nitrogens with zero attached hydrogens (tertiary/aromatic N) is 2. The fourth-order valence-corrected chi connectivity index (χ4v) is 4.01. The van der Waals surface area contributed by atoms with Crippen molar-refractivity contribution in [3.05, 3.63) is 59.7 Å². The maximum atomic E-state index is 9.52. The fraction of sp³-hybridized carbons (Fsp3) is 0.429. The molecule has 5 nitrogen and oxygen atoms in total. The molecule has 5 heteroatoms. The molecule has 2 N–H and O–H groups in total. The molecule has 0 radical (unpaired) electrons. The number of H-pyrrole nitrogens is 1. The van der Waals surface area contributed by atoms with Gasteiger partial charge in [0.25, 0.3) is 0 Å². The maximum Gasteiger partial charge on any atom is 0.118 e. The lowest BCUT2D eigenvalue weighted by Crippen LogP contribution is -2.52. The predicted molar refractivity (Wildman–Crippen MR) is 103 cm³/mol. The van der Waals surface area contributed by atoms with Gasteiger partial charge in [0.15, 0.2) is 0 Å². The van der Waals surface area contributed by atoms with Crippen LogP contribution in [0.1, 0.15) is 23.5 Å². The molecule has 3 aromatic rings. The molecule has 0 bridgehead atoms. The highest BCUT2D eigenvalue weighted by atomic mass is 16.3. The van der Waals surface area contributed by atoms with Crippen LogP contribution < -0.4 is 0 Å². The summed E-state index contributed by atoms with van der Waals surface area (Å²) in [6, 6.07) is 12.9. The van der Waals surface area contributed by atoms with E-state index in [0.717, 1.165) is 50.7 Å². The summed E-state index contributed by atoms with van der Waals surface area (Å²) in [6.45, 7) is 6.96. The van der Waals surface area contributed by atoms with E-state index < -0.39 is 0 Å². The molecule has 0 unspecified atom stereocenters. The number of nitrogens with one attached hydrogen (secondary N) is 1. The van der Waals surface area contributed by atoms with E-state index in [4.69, 9.17) is 4.42 Å². The Morgan fingerprint density at radius 2 is 2.04 bits per heavy atom. The third-order valence-electron chi connectivity index (χ3n) is 5.37. The van der Waals surface area contributed by atoms with Crippen LogP contribution in [0.3, 0.4) is 0 Å². The molecule has 0 aliphatic carbocycles. The number of para-hydroxylation sites is 1. The van der Waals surface area contributed by atoms with Crippen LogP contribution in [0.4, 0.5) is 0 Å². The number of aliphatic hydroxyl groups excluding tert-OH is 1. The topological polar surface area (TPSA) is 55.6 Å². The van der Waals surface area contributed by atoms with Crippen molar-refractivity contribution in [2.45, 2.75) is 32.5 Å². The highest BCUT2D eigenvalue weighted by molar-refractivity contribution is 5.82. The molecule has 4 rings (SSSR count). The number of aromatic amines is 1. The Kier molecular flexibility index (Phi) is 5.11. The number of piperazine rings is 1. The zero-order valence-electron chi connectivity index (χ0n) is 15.3. The third kappa shape index (κ3) is 3.70. The number of benzene rings is 1. The van der Waals surface area contributed by atoms with Gasteiger partial charge in [0.1, 0.15) is 11.5 Å². The molecule has 1 aliphatic heterocycles. The third-order valence-corrected chi connectivity index (χ3v) is 5.37. The van der Waals surface area contributed by atoms with E-state index >= 15 is 0 Å². The van der Waals surface area contributed by atoms with Gasteiger partial charge in [-0.15, -0.1) is 0 Å². The van der Waals surface area contributed by atoms with Gasteiger partial charge in [-0.2, -0.15) is 0 Å². The Balaban J connectivity index is 1.43. The molecule has 138 valence electrons. The summed E-state index contributed by atoms with van der Waals surface area (Å²) >= 11 is 0. The molecular weight excluding hydrogens is 326 g/mol. The zero-order valence-corrected chi connectivity index (χ0v) is 15.3. The molecule has 1 fully saturated rings. The van der Waals surface area contributed by atoms with E-state index in [-0.39, 0.29) is 6.61 Å². The number of aryl methyl sites for hydroxylation is 1. The van der Waals surface area contributed by atoms with Crippen molar-refractivity contribution in [3.8, 4) is 0 Å². The van der Waals surface area contributed by atoms with Gasteiger partial charge in [0.05, 0.1) is 6.54 Å². The van der Waals surface area contributed by atoms with Gasteiger partial charge in [0.2, 0.25) is 0 Å². The summed E-state index contributed by atoms with van der Waals surface area (Å²) in [5.41, 5.74) is 2.54. The number of aromatic nitrogens is 1. The second-order valence-corrected chi connectivity index (χ2v) is 7.24. The lowest BCUT2D eigenvalue weighted by atomic mass is 10.1. The largest absolute Gasteiger partial charge is 0.465 e. The molecule has 0 amide bonds. The highest BCUT2D eigenvalue weighted by Crippen LogP contribution is 2.23. The van der Waals surface area contributed by atoms with Crippen molar-refractivity contribution in [2.75, 3.05) is 26.2 Å². The first-order chi connectivity index (χ1) is 12.7. The summed E-state index contributed by atoms with van der Waals surface area (Å²) in [5.74, 6) is 1.96. The summed E-state index contributed by atoms with van der Waals surface area (Å²) < 4.78 is 5.75. The van der Waals surface area contributed by atoms with Gasteiger partial charge < -0.3 is 14.5 Å². The Labute approximate surface area is 154 Å². The van der Waals surface area contributed by atoms with Crippen LogP contribution in [0.2, 0.25) is 0 Å². The van der Waals surface area contributed by atoms with Gasteiger partial charge in [-0.3, -0.25) is 9.80 Å². The lowest BCUT2D eigenvalue weighted by Gasteiger charge is -2.41. The van der Waals surface area contributed by atoms with Gasteiger partial charge in [-0.1, -0.05) is 18.2 Å². The van der Waals surface area contributed by atoms with Gasteiger partial charge in [-0.25, -0.2) is 0 Å². The molecule has 26 heavy (non-hydrogen) atoms. The fourth-order valence-electron chi connectivity index (χ4n) is 4.01. The van der Waals surface area contributed by atoms with Crippen molar-refractivity contribution in [2.24, 2.45) is 0 Å². The monoisotopic (exact) mass is 353 g/mol. The molecule has 1 aromatic carbocycles. The molecule has 1 saturated heterocycles. The molecule has 2 aromatic heterocycles. The first-order valence-electron chi connectivity index (χ1n) is 9.40. The highest BCUT2D eigenvalue weighted by Gasteiger charge is 2.27. The van der Waals surface area contributed by atoms with E-state index in [0.29, 0.717) is 6.04 Å². The number of hydrogen-bond donors (Lipinski definition) is 2. The van der Waals surface area contributed by atoms with Crippen LogP contribution in [-0.4, -0.2) is 52.2 Å². The smallest absolute Gasteiger partial charge is 0.118 e. The minimum Gasteiger partial charge on any atom is -0.465 e. The lowest BCUT2D eigenvalue weighted by molar-refractivity contribution is 0.0456. The molecule has 1 atom stereocenters. The minimum atomic E-state index is 0.222. The van der Waals surface area contributed by atoms with Gasteiger partial charge in [-0.05, 0) is 37.1 Å². The predicted octanol–water partition coefficient (Wildman–Crippen LogP) is 3.14. The normalized spacial score (nSPS) is 19.4. The number of furan rings is 1. The van der Waals surface area contributed by atoms with Crippen LogP contribution >= 0.6 is 0 Å². The van der Waals surface area contributed by atoms with Crippen molar-refractivity contribution < 1.29 is 9.52 Å². The van der Waals surface area contributed by atoms with Crippen molar-refractivity contribution in [1.82, 2.24) is 14.8 Å². The van der Waals surface area contributed by atoms with Gasteiger partial charge in [0, 0.05) is 55.9 Å². The molecule has 0 spiro atoms. The number of fused-ring (bicyclic) bond motifs is 1. The summed E-state index contributed by atoms with van der Waals surface area (Å²) in [7, 11) is 0. The Morgan fingerprint density at radius 1 is 1.15 bits per heavy atom. The van der Waals surface area contributed by atoms with Crippen molar-refractivity contribution >= 4 is 10.9 Å². The van der Waals surface area contributed by atoms with E-state index in [1.165, 1.54) is 16.5 Å². The number of aliphatic hydroxyl groups is 1. The Morgan fingerprint density at radius 3 is 2.85 bits per heavy atom. The van der Waals surface area contributed by atoms with E-state index in [1.54, 1.807) is 0 Å². The van der Waals surface area contributed by atoms with Crippen LogP contribution in [-0.2, 0) is 13.1 Å². The number of rotatable bonds is 6. The van der Waals surface area contributed by atoms with E-state index in [9.17, 15) is 5.11 Å². The SMILES string of the molecule is Cc1ccc(CN2CCN(Cc3c[nH]c4ccccc34)C[C@H]2CCO)o1. The standard InChI is InChI=1S/C21H27N3O2/c1-16-6-7-19(26-16)15-24-10-9-23(14-18(24)8-11-25)13-17-12-22-21-5-3-2-4-20(17)21/h2-7,12,18,22,25H,8-11,13-15H2,1H3/t18-/m1/s1. The van der Waals surface area contributed by atoms with Crippen LogP contribution in [0, 0.1) is 6.92 Å². The first-order valence-corrected chi connectivity index (χ1v) is 9.40. The van der Waals surface area contributed by atoms with Crippen LogP contribution in [0.25, 0.3) is 10.9 Å². The Hall–Kier alpha value is -2.08. The minimum absolute atomic E-state index is 0.222. The summed E-state index contributed by atoms with van der Waals surface area (Å²) in [6.07, 6.45) is 2.92. The quantitative estimate of drug-likeness (QED) is 0.715. The summed E-state index contributed by atoms with van der Waals surface area (Å²) in [5, 5.41) is 10.8. The average Bonchev–Trinajstić information content (AvgIpc) is 3.24. The molecular formula is C21H27N3O2. The van der Waals surface area contributed by atoms with Crippen molar-refractivity contribution in [1.29, 1.82) is 0 Å². The van der Waals surface area contributed by atoms with E-state index in [2.05, 4.69) is 51.3 Å². The van der Waals surface area contributed by atoms with Crippen molar-refractivity contribution in [3.63, 3.8) is 0 Å². The van der Waals surface area contributed by atoms with Gasteiger partial charge >= 0.3 is 0 Å². The average molecular weight is 353 g/mol. The summed E-state index contributed by atoms with van der Waals surface area (Å²) in [4.78, 5) is 8.31. The second-order valence-electron chi connectivity index (χ2n) is 7.24. The zero-order chi connectivity index (χ0) is 17.9. The molecule has 1 aliphatic rings. The number of hydrogen-bond acceptors (Lipinski definition) is 4. The second kappa shape index (κ2) is 7.66. The van der Waals surface area contributed by atoms with Crippen LogP contribution in [0.5, 0.6) is 0 Å². The maximum absolute atomic E-state index is 9.52. The molecule has 3 heterocycles.